The lowest BCUT2D eigenvalue weighted by molar-refractivity contribution is -0.131. The first kappa shape index (κ1) is 16.2. The molecule has 0 aliphatic heterocycles. The van der Waals surface area contributed by atoms with E-state index in [1.165, 1.54) is 12.1 Å². The third-order valence-corrected chi connectivity index (χ3v) is 3.48. The van der Waals surface area contributed by atoms with Crippen molar-refractivity contribution >= 4 is 5.91 Å². The summed E-state index contributed by atoms with van der Waals surface area (Å²) in [6, 6.07) is 15.9. The summed E-state index contributed by atoms with van der Waals surface area (Å²) >= 11 is 0. The van der Waals surface area contributed by atoms with Gasteiger partial charge in [-0.1, -0.05) is 42.5 Å². The van der Waals surface area contributed by atoms with E-state index in [-0.39, 0.29) is 24.8 Å². The summed E-state index contributed by atoms with van der Waals surface area (Å²) in [5.74, 6) is -0.445. The van der Waals surface area contributed by atoms with Gasteiger partial charge in [-0.25, -0.2) is 4.39 Å². The van der Waals surface area contributed by atoms with Gasteiger partial charge in [-0.3, -0.25) is 4.79 Å². The summed E-state index contributed by atoms with van der Waals surface area (Å²) < 4.78 is 13.2. The normalized spacial score (nSPS) is 10.5. The zero-order chi connectivity index (χ0) is 15.8. The van der Waals surface area contributed by atoms with E-state index >= 15 is 0 Å². The van der Waals surface area contributed by atoms with Gasteiger partial charge in [0.2, 0.25) is 5.91 Å². The molecule has 0 unspecified atom stereocenters. The standard InChI is InChI=1S/C18H20FNO2/c19-17-8-4-7-16(13-17)14-18(22)20(11-12-21)10-9-15-5-2-1-3-6-15/h1-8,13,21H,9-12,14H2. The zero-order valence-corrected chi connectivity index (χ0v) is 12.4. The number of carbonyl (C=O) groups is 1. The molecule has 1 N–H and O–H groups in total. The van der Waals surface area contributed by atoms with Gasteiger partial charge in [-0.15, -0.1) is 0 Å². The second kappa shape index (κ2) is 8.29. The summed E-state index contributed by atoms with van der Waals surface area (Å²) in [4.78, 5) is 14.0. The lowest BCUT2D eigenvalue weighted by Gasteiger charge is -2.22. The van der Waals surface area contributed by atoms with Crippen LogP contribution in [0.4, 0.5) is 4.39 Å². The van der Waals surface area contributed by atoms with Crippen LogP contribution in [0.3, 0.4) is 0 Å². The minimum Gasteiger partial charge on any atom is -0.395 e. The van der Waals surface area contributed by atoms with Crippen molar-refractivity contribution in [3.8, 4) is 0 Å². The number of hydrogen-bond acceptors (Lipinski definition) is 2. The van der Waals surface area contributed by atoms with Crippen LogP contribution in [-0.2, 0) is 17.6 Å². The Morgan fingerprint density at radius 1 is 1.00 bits per heavy atom. The third kappa shape index (κ3) is 4.97. The number of hydrogen-bond donors (Lipinski definition) is 1. The van der Waals surface area contributed by atoms with Crippen molar-refractivity contribution < 1.29 is 14.3 Å². The van der Waals surface area contributed by atoms with E-state index in [1.54, 1.807) is 17.0 Å². The van der Waals surface area contributed by atoms with Crippen LogP contribution in [-0.4, -0.2) is 35.6 Å². The van der Waals surface area contributed by atoms with E-state index in [0.717, 1.165) is 12.0 Å². The molecule has 0 atom stereocenters. The van der Waals surface area contributed by atoms with Crippen LogP contribution in [0.1, 0.15) is 11.1 Å². The molecule has 0 radical (unpaired) electrons. The van der Waals surface area contributed by atoms with Crippen molar-refractivity contribution in [3.05, 3.63) is 71.5 Å². The maximum absolute atomic E-state index is 13.2. The molecule has 2 rings (SSSR count). The SMILES string of the molecule is O=C(Cc1cccc(F)c1)N(CCO)CCc1ccccc1. The zero-order valence-electron chi connectivity index (χ0n) is 12.4. The second-order valence-corrected chi connectivity index (χ2v) is 5.15. The average molecular weight is 301 g/mol. The molecule has 0 spiro atoms. The first-order chi connectivity index (χ1) is 10.7. The van der Waals surface area contributed by atoms with Crippen LogP contribution < -0.4 is 0 Å². The molecule has 1 amide bonds. The Kier molecular flexibility index (Phi) is 6.10. The quantitative estimate of drug-likeness (QED) is 0.853. The first-order valence-corrected chi connectivity index (χ1v) is 7.36. The van der Waals surface area contributed by atoms with E-state index in [0.29, 0.717) is 18.7 Å². The Morgan fingerprint density at radius 3 is 2.41 bits per heavy atom. The molecular weight excluding hydrogens is 281 g/mol. The topological polar surface area (TPSA) is 40.5 Å². The fourth-order valence-corrected chi connectivity index (χ4v) is 2.32. The van der Waals surface area contributed by atoms with Crippen LogP contribution in [0, 0.1) is 5.82 Å². The summed E-state index contributed by atoms with van der Waals surface area (Å²) in [6.45, 7) is 0.753. The number of carbonyl (C=O) groups excluding carboxylic acids is 1. The van der Waals surface area contributed by atoms with Crippen LogP contribution in [0.25, 0.3) is 0 Å². The van der Waals surface area contributed by atoms with Gasteiger partial charge in [0, 0.05) is 13.1 Å². The van der Waals surface area contributed by atoms with Gasteiger partial charge in [0.25, 0.3) is 0 Å². The van der Waals surface area contributed by atoms with Crippen LogP contribution in [0.15, 0.2) is 54.6 Å². The Hall–Kier alpha value is -2.20. The number of nitrogens with zero attached hydrogens (tertiary/aromatic N) is 1. The molecule has 0 aliphatic rings. The van der Waals surface area contributed by atoms with Crippen molar-refractivity contribution in [3.63, 3.8) is 0 Å². The highest BCUT2D eigenvalue weighted by atomic mass is 19.1. The predicted octanol–water partition coefficient (Wildman–Crippen LogP) is 2.43. The third-order valence-electron chi connectivity index (χ3n) is 3.48. The van der Waals surface area contributed by atoms with Gasteiger partial charge in [-0.05, 0) is 29.7 Å². The lowest BCUT2D eigenvalue weighted by Crippen LogP contribution is -2.36. The fraction of sp³-hybridized carbons (Fsp3) is 0.278. The first-order valence-electron chi connectivity index (χ1n) is 7.36. The smallest absolute Gasteiger partial charge is 0.227 e. The Morgan fingerprint density at radius 2 is 1.73 bits per heavy atom. The molecule has 0 aliphatic carbocycles. The van der Waals surface area contributed by atoms with Crippen molar-refractivity contribution in [2.45, 2.75) is 12.8 Å². The number of aliphatic hydroxyl groups excluding tert-OH is 1. The van der Waals surface area contributed by atoms with Crippen molar-refractivity contribution in [2.75, 3.05) is 19.7 Å². The lowest BCUT2D eigenvalue weighted by atomic mass is 10.1. The van der Waals surface area contributed by atoms with Crippen LogP contribution in [0.2, 0.25) is 0 Å². The van der Waals surface area contributed by atoms with Gasteiger partial charge < -0.3 is 10.0 Å². The second-order valence-electron chi connectivity index (χ2n) is 5.15. The molecular formula is C18H20FNO2. The van der Waals surface area contributed by atoms with Gasteiger partial charge in [0.15, 0.2) is 0 Å². The predicted molar refractivity (Wildman–Crippen MR) is 83.9 cm³/mol. The van der Waals surface area contributed by atoms with Crippen molar-refractivity contribution in [1.82, 2.24) is 4.90 Å². The van der Waals surface area contributed by atoms with E-state index in [1.807, 2.05) is 30.3 Å². The molecule has 0 saturated carbocycles. The van der Waals surface area contributed by atoms with Crippen molar-refractivity contribution in [1.29, 1.82) is 0 Å². The molecule has 22 heavy (non-hydrogen) atoms. The van der Waals surface area contributed by atoms with Gasteiger partial charge in [-0.2, -0.15) is 0 Å². The summed E-state index contributed by atoms with van der Waals surface area (Å²) in [7, 11) is 0. The molecule has 0 fully saturated rings. The van der Waals surface area contributed by atoms with Gasteiger partial charge >= 0.3 is 0 Å². The molecule has 3 nitrogen and oxygen atoms in total. The van der Waals surface area contributed by atoms with Crippen LogP contribution in [0.5, 0.6) is 0 Å². The Balaban J connectivity index is 1.96. The molecule has 0 heterocycles. The summed E-state index contributed by atoms with van der Waals surface area (Å²) in [6.07, 6.45) is 0.877. The molecule has 4 heteroatoms. The molecule has 116 valence electrons. The number of benzene rings is 2. The monoisotopic (exact) mass is 301 g/mol. The van der Waals surface area contributed by atoms with Crippen molar-refractivity contribution in [2.24, 2.45) is 0 Å². The number of rotatable bonds is 7. The highest BCUT2D eigenvalue weighted by molar-refractivity contribution is 5.78. The highest BCUT2D eigenvalue weighted by Gasteiger charge is 2.13. The molecule has 2 aromatic rings. The van der Waals surface area contributed by atoms with E-state index < -0.39 is 0 Å². The fourth-order valence-electron chi connectivity index (χ4n) is 2.32. The van der Waals surface area contributed by atoms with E-state index in [4.69, 9.17) is 5.11 Å². The van der Waals surface area contributed by atoms with E-state index in [2.05, 4.69) is 0 Å². The molecule has 2 aromatic carbocycles. The Labute approximate surface area is 130 Å². The maximum atomic E-state index is 13.2. The Bertz CT molecular complexity index is 601. The van der Waals surface area contributed by atoms with Gasteiger partial charge in [0.05, 0.1) is 13.0 Å². The summed E-state index contributed by atoms with van der Waals surface area (Å²) in [5.41, 5.74) is 1.79. The number of amides is 1. The van der Waals surface area contributed by atoms with Crippen LogP contribution >= 0.6 is 0 Å². The van der Waals surface area contributed by atoms with Gasteiger partial charge in [0.1, 0.15) is 5.82 Å². The number of aliphatic hydroxyl groups is 1. The average Bonchev–Trinajstić information content (AvgIpc) is 2.52. The molecule has 0 saturated heterocycles. The molecule has 0 bridgehead atoms. The maximum Gasteiger partial charge on any atom is 0.227 e. The largest absolute Gasteiger partial charge is 0.395 e. The minimum atomic E-state index is -0.344. The summed E-state index contributed by atoms with van der Waals surface area (Å²) in [5, 5.41) is 9.14. The highest BCUT2D eigenvalue weighted by Crippen LogP contribution is 2.08. The van der Waals surface area contributed by atoms with E-state index in [9.17, 15) is 9.18 Å². The molecule has 0 aromatic heterocycles. The number of halogens is 1. The minimum absolute atomic E-state index is 0.0797.